The van der Waals surface area contributed by atoms with E-state index in [1.165, 1.54) is 64.2 Å². The Balaban J connectivity index is 2.30. The van der Waals surface area contributed by atoms with Gasteiger partial charge in [0, 0.05) is 6.04 Å². The predicted molar refractivity (Wildman–Crippen MR) is 77.3 cm³/mol. The predicted octanol–water partition coefficient (Wildman–Crippen LogP) is 4.76. The summed E-state index contributed by atoms with van der Waals surface area (Å²) in [6.45, 7) is 4.67. The van der Waals surface area contributed by atoms with E-state index in [0.717, 1.165) is 17.9 Å². The highest BCUT2D eigenvalue weighted by Gasteiger charge is 2.20. The molecular weight excluding hydrogens is 206 g/mol. The molecule has 0 heterocycles. The summed E-state index contributed by atoms with van der Waals surface area (Å²) in [7, 11) is 2.17. The van der Waals surface area contributed by atoms with Gasteiger partial charge in [0.15, 0.2) is 0 Å². The van der Waals surface area contributed by atoms with E-state index in [9.17, 15) is 0 Å². The van der Waals surface area contributed by atoms with Crippen molar-refractivity contribution in [3.63, 3.8) is 0 Å². The van der Waals surface area contributed by atoms with Crippen LogP contribution in [0.25, 0.3) is 0 Å². The van der Waals surface area contributed by atoms with Crippen LogP contribution in [0, 0.1) is 11.8 Å². The Morgan fingerprint density at radius 1 is 0.941 bits per heavy atom. The highest BCUT2D eigenvalue weighted by molar-refractivity contribution is 4.77. The molecule has 0 spiro atoms. The van der Waals surface area contributed by atoms with E-state index in [4.69, 9.17) is 0 Å². The minimum Gasteiger partial charge on any atom is -0.317 e. The van der Waals surface area contributed by atoms with E-state index in [2.05, 4.69) is 26.2 Å². The van der Waals surface area contributed by atoms with Gasteiger partial charge in [0.1, 0.15) is 0 Å². The van der Waals surface area contributed by atoms with Crippen molar-refractivity contribution < 1.29 is 0 Å². The zero-order valence-corrected chi connectivity index (χ0v) is 12.3. The average molecular weight is 239 g/mol. The van der Waals surface area contributed by atoms with Crippen LogP contribution >= 0.6 is 0 Å². The molecule has 0 amide bonds. The van der Waals surface area contributed by atoms with Crippen LogP contribution < -0.4 is 5.32 Å². The molecule has 0 aromatic carbocycles. The number of hydrogen-bond acceptors (Lipinski definition) is 1. The Kier molecular flexibility index (Phi) is 7.92. The molecule has 0 aromatic heterocycles. The highest BCUT2D eigenvalue weighted by atomic mass is 14.9. The third kappa shape index (κ3) is 6.45. The van der Waals surface area contributed by atoms with E-state index in [-0.39, 0.29) is 0 Å². The van der Waals surface area contributed by atoms with Gasteiger partial charge in [0.05, 0.1) is 0 Å². The first-order valence-corrected chi connectivity index (χ1v) is 7.91. The van der Waals surface area contributed by atoms with Crippen LogP contribution in [0.3, 0.4) is 0 Å². The van der Waals surface area contributed by atoms with Crippen LogP contribution in [0.1, 0.15) is 78.1 Å². The van der Waals surface area contributed by atoms with Crippen molar-refractivity contribution >= 4 is 0 Å². The van der Waals surface area contributed by atoms with Crippen molar-refractivity contribution in [1.82, 2.24) is 5.32 Å². The van der Waals surface area contributed by atoms with Gasteiger partial charge in [-0.2, -0.15) is 0 Å². The third-order valence-corrected chi connectivity index (χ3v) is 4.39. The molecule has 1 heteroatoms. The van der Waals surface area contributed by atoms with Gasteiger partial charge >= 0.3 is 0 Å². The molecule has 1 fully saturated rings. The van der Waals surface area contributed by atoms with Crippen LogP contribution in [0.5, 0.6) is 0 Å². The van der Waals surface area contributed by atoms with Gasteiger partial charge in [-0.25, -0.2) is 0 Å². The zero-order chi connectivity index (χ0) is 12.5. The molecule has 1 saturated carbocycles. The van der Waals surface area contributed by atoms with Crippen molar-refractivity contribution in [3.8, 4) is 0 Å². The molecule has 1 N–H and O–H groups in total. The first-order chi connectivity index (χ1) is 8.24. The first kappa shape index (κ1) is 15.0. The summed E-state index contributed by atoms with van der Waals surface area (Å²) in [6, 6.07) is 0.784. The van der Waals surface area contributed by atoms with Crippen molar-refractivity contribution in [3.05, 3.63) is 0 Å². The largest absolute Gasteiger partial charge is 0.317 e. The summed E-state index contributed by atoms with van der Waals surface area (Å²) in [5.41, 5.74) is 0. The fourth-order valence-electron chi connectivity index (χ4n) is 3.25. The summed E-state index contributed by atoms with van der Waals surface area (Å²) in [5, 5.41) is 3.59. The van der Waals surface area contributed by atoms with E-state index in [0.29, 0.717) is 0 Å². The molecule has 0 saturated heterocycles. The van der Waals surface area contributed by atoms with E-state index in [1.54, 1.807) is 0 Å². The topological polar surface area (TPSA) is 12.0 Å². The quantitative estimate of drug-likeness (QED) is 0.704. The number of hydrogen-bond donors (Lipinski definition) is 1. The van der Waals surface area contributed by atoms with Gasteiger partial charge < -0.3 is 5.32 Å². The third-order valence-electron chi connectivity index (χ3n) is 4.39. The molecule has 1 aliphatic rings. The molecule has 0 aliphatic heterocycles. The van der Waals surface area contributed by atoms with Gasteiger partial charge in [0.25, 0.3) is 0 Å². The smallest absolute Gasteiger partial charge is 0.00923 e. The van der Waals surface area contributed by atoms with Crippen LogP contribution in [0.2, 0.25) is 0 Å². The Morgan fingerprint density at radius 2 is 1.53 bits per heavy atom. The van der Waals surface area contributed by atoms with Gasteiger partial charge in [0.2, 0.25) is 0 Å². The fourth-order valence-corrected chi connectivity index (χ4v) is 3.25. The highest BCUT2D eigenvalue weighted by Crippen LogP contribution is 2.27. The number of rotatable bonds is 6. The van der Waals surface area contributed by atoms with Crippen LogP contribution in [-0.2, 0) is 0 Å². The monoisotopic (exact) mass is 239 g/mol. The maximum absolute atomic E-state index is 3.59. The maximum atomic E-state index is 3.59. The molecule has 1 unspecified atom stereocenters. The average Bonchev–Trinajstić information content (AvgIpc) is 2.25. The second kappa shape index (κ2) is 8.97. The number of nitrogens with one attached hydrogen (secondary N) is 1. The zero-order valence-electron chi connectivity index (χ0n) is 12.3. The fraction of sp³-hybridized carbons (Fsp3) is 1.00. The summed E-state index contributed by atoms with van der Waals surface area (Å²) < 4.78 is 0. The van der Waals surface area contributed by atoms with E-state index >= 15 is 0 Å². The second-order valence-electron chi connectivity index (χ2n) is 6.33. The summed E-state index contributed by atoms with van der Waals surface area (Å²) in [4.78, 5) is 0. The van der Waals surface area contributed by atoms with Crippen LogP contribution in [0.15, 0.2) is 0 Å². The maximum Gasteiger partial charge on any atom is 0.00923 e. The molecule has 1 aliphatic carbocycles. The lowest BCUT2D eigenvalue weighted by Crippen LogP contribution is -2.34. The van der Waals surface area contributed by atoms with Crippen LogP contribution in [-0.4, -0.2) is 13.1 Å². The molecule has 1 nitrogen and oxygen atoms in total. The SMILES string of the molecule is CNC(CCCC(C)C)C1CCCCCCC1. The normalized spacial score (nSPS) is 21.2. The van der Waals surface area contributed by atoms with Crippen molar-refractivity contribution in [2.24, 2.45) is 11.8 Å². The van der Waals surface area contributed by atoms with Gasteiger partial charge in [-0.15, -0.1) is 0 Å². The Morgan fingerprint density at radius 3 is 2.06 bits per heavy atom. The lowest BCUT2D eigenvalue weighted by molar-refractivity contribution is 0.276. The Hall–Kier alpha value is -0.0400. The lowest BCUT2D eigenvalue weighted by Gasteiger charge is -2.28. The van der Waals surface area contributed by atoms with Crippen molar-refractivity contribution in [2.45, 2.75) is 84.1 Å². The first-order valence-electron chi connectivity index (χ1n) is 7.91. The minimum absolute atomic E-state index is 0.784. The molecule has 1 rings (SSSR count). The van der Waals surface area contributed by atoms with Crippen molar-refractivity contribution in [1.29, 1.82) is 0 Å². The standard InChI is InChI=1S/C16H33N/c1-14(2)10-9-13-16(17-3)15-11-7-5-4-6-8-12-15/h14-17H,4-13H2,1-3H3. The van der Waals surface area contributed by atoms with Gasteiger partial charge in [-0.3, -0.25) is 0 Å². The second-order valence-corrected chi connectivity index (χ2v) is 6.33. The molecule has 102 valence electrons. The Bertz CT molecular complexity index is 168. The summed E-state index contributed by atoms with van der Waals surface area (Å²) >= 11 is 0. The summed E-state index contributed by atoms with van der Waals surface area (Å²) in [5.74, 6) is 1.82. The van der Waals surface area contributed by atoms with E-state index < -0.39 is 0 Å². The minimum atomic E-state index is 0.784. The lowest BCUT2D eigenvalue weighted by atomic mass is 9.83. The van der Waals surface area contributed by atoms with Crippen molar-refractivity contribution in [2.75, 3.05) is 7.05 Å². The molecular formula is C16H33N. The van der Waals surface area contributed by atoms with Crippen LogP contribution in [0.4, 0.5) is 0 Å². The summed E-state index contributed by atoms with van der Waals surface area (Å²) in [6.07, 6.45) is 14.5. The van der Waals surface area contributed by atoms with Gasteiger partial charge in [-0.1, -0.05) is 58.8 Å². The van der Waals surface area contributed by atoms with Gasteiger partial charge in [-0.05, 0) is 38.1 Å². The Labute approximate surface area is 109 Å². The molecule has 0 aromatic rings. The molecule has 17 heavy (non-hydrogen) atoms. The molecule has 0 radical (unpaired) electrons. The van der Waals surface area contributed by atoms with E-state index in [1.807, 2.05) is 0 Å². The molecule has 0 bridgehead atoms. The molecule has 1 atom stereocenters.